The molecule has 0 radical (unpaired) electrons. The molecule has 0 N–H and O–H groups in total. The lowest BCUT2D eigenvalue weighted by atomic mass is 9.96. The van der Waals surface area contributed by atoms with Gasteiger partial charge in [-0.1, -0.05) is 6.92 Å². The van der Waals surface area contributed by atoms with Crippen molar-refractivity contribution < 1.29 is 19.6 Å². The highest BCUT2D eigenvalue weighted by atomic mass is 17.4. The summed E-state index contributed by atoms with van der Waals surface area (Å²) in [4.78, 5) is 19.6. The highest BCUT2D eigenvalue weighted by Gasteiger charge is 2.64. The fraction of sp³-hybridized carbons (Fsp3) is 1.00. The molecule has 0 amide bonds. The molecule has 10 heavy (non-hydrogen) atoms. The summed E-state index contributed by atoms with van der Waals surface area (Å²) in [7, 11) is 0. The van der Waals surface area contributed by atoms with Crippen molar-refractivity contribution in [3.05, 3.63) is 0 Å². The van der Waals surface area contributed by atoms with Crippen LogP contribution < -0.4 is 0 Å². The first kappa shape index (κ1) is 6.54. The van der Waals surface area contributed by atoms with E-state index in [-0.39, 0.29) is 5.92 Å². The third-order valence-electron chi connectivity index (χ3n) is 2.32. The lowest BCUT2D eigenvalue weighted by Gasteiger charge is -2.20. The SMILES string of the molecule is CC1C2(C)OOC1(C)OO2. The van der Waals surface area contributed by atoms with E-state index in [0.29, 0.717) is 0 Å². The molecule has 2 rings (SSSR count). The summed E-state index contributed by atoms with van der Waals surface area (Å²) in [6, 6.07) is 0. The topological polar surface area (TPSA) is 36.9 Å². The van der Waals surface area contributed by atoms with Gasteiger partial charge in [0.05, 0.1) is 5.92 Å². The molecule has 0 saturated carbocycles. The molecule has 2 saturated heterocycles. The van der Waals surface area contributed by atoms with Crippen molar-refractivity contribution >= 4 is 0 Å². The van der Waals surface area contributed by atoms with Gasteiger partial charge in [-0.3, -0.25) is 0 Å². The molecule has 0 aliphatic carbocycles. The Kier molecular flexibility index (Phi) is 1.00. The Morgan fingerprint density at radius 1 is 0.900 bits per heavy atom. The van der Waals surface area contributed by atoms with Crippen LogP contribution in [0.4, 0.5) is 0 Å². The van der Waals surface area contributed by atoms with Crippen LogP contribution in [-0.4, -0.2) is 11.6 Å². The second-order valence-corrected chi connectivity index (χ2v) is 3.09. The second kappa shape index (κ2) is 1.53. The van der Waals surface area contributed by atoms with Crippen LogP contribution in [0.25, 0.3) is 0 Å². The molecule has 0 unspecified atom stereocenters. The highest BCUT2D eigenvalue weighted by molar-refractivity contribution is 4.87. The van der Waals surface area contributed by atoms with Gasteiger partial charge in [-0.2, -0.15) is 19.6 Å². The zero-order chi connectivity index (χ0) is 7.41. The Balaban J connectivity index is 2.34. The molecule has 2 fully saturated rings. The van der Waals surface area contributed by atoms with Gasteiger partial charge in [-0.15, -0.1) is 0 Å². The second-order valence-electron chi connectivity index (χ2n) is 3.09. The van der Waals surface area contributed by atoms with Gasteiger partial charge >= 0.3 is 0 Å². The third kappa shape index (κ3) is 0.549. The number of rotatable bonds is 0. The predicted octanol–water partition coefficient (Wildman–Crippen LogP) is 0.978. The van der Waals surface area contributed by atoms with Gasteiger partial charge in [0, 0.05) is 0 Å². The highest BCUT2D eigenvalue weighted by Crippen LogP contribution is 2.49. The van der Waals surface area contributed by atoms with Gasteiger partial charge in [0.15, 0.2) is 0 Å². The van der Waals surface area contributed by atoms with Crippen LogP contribution in [0.15, 0.2) is 0 Å². The van der Waals surface area contributed by atoms with Gasteiger partial charge in [0.2, 0.25) is 11.6 Å². The first-order chi connectivity index (χ1) is 4.57. The van der Waals surface area contributed by atoms with Crippen LogP contribution in [0, 0.1) is 5.92 Å². The van der Waals surface area contributed by atoms with Gasteiger partial charge in [-0.25, -0.2) is 0 Å². The Morgan fingerprint density at radius 2 is 1.20 bits per heavy atom. The number of hydrogen-bond donors (Lipinski definition) is 0. The molecule has 2 bridgehead atoms. The van der Waals surface area contributed by atoms with E-state index in [1.807, 2.05) is 6.92 Å². The molecule has 2 aliphatic rings. The average molecular weight is 146 g/mol. The van der Waals surface area contributed by atoms with Crippen molar-refractivity contribution in [1.29, 1.82) is 0 Å². The molecule has 2 heterocycles. The monoisotopic (exact) mass is 146 g/mol. The van der Waals surface area contributed by atoms with Gasteiger partial charge in [-0.05, 0) is 13.8 Å². The molecule has 0 aromatic rings. The van der Waals surface area contributed by atoms with E-state index in [0.717, 1.165) is 0 Å². The van der Waals surface area contributed by atoms with E-state index in [9.17, 15) is 0 Å². The Labute approximate surface area is 58.9 Å². The molecule has 58 valence electrons. The van der Waals surface area contributed by atoms with Crippen molar-refractivity contribution in [2.75, 3.05) is 0 Å². The van der Waals surface area contributed by atoms with Gasteiger partial charge < -0.3 is 0 Å². The van der Waals surface area contributed by atoms with Crippen molar-refractivity contribution in [3.63, 3.8) is 0 Å². The van der Waals surface area contributed by atoms with E-state index < -0.39 is 11.6 Å². The molecule has 2 aliphatic heterocycles. The molecule has 4 nitrogen and oxygen atoms in total. The fourth-order valence-electron chi connectivity index (χ4n) is 1.12. The minimum Gasteiger partial charge on any atom is -0.195 e. The quantitative estimate of drug-likeness (QED) is 0.477. The molecule has 0 aromatic heterocycles. The summed E-state index contributed by atoms with van der Waals surface area (Å²) >= 11 is 0. The zero-order valence-corrected chi connectivity index (χ0v) is 6.21. The molecule has 0 spiro atoms. The lowest BCUT2D eigenvalue weighted by Crippen LogP contribution is -2.29. The van der Waals surface area contributed by atoms with E-state index in [1.165, 1.54) is 0 Å². The Bertz CT molecular complexity index is 141. The first-order valence-corrected chi connectivity index (χ1v) is 3.30. The largest absolute Gasteiger partial charge is 0.239 e. The zero-order valence-electron chi connectivity index (χ0n) is 6.21. The van der Waals surface area contributed by atoms with Crippen LogP contribution in [-0.2, 0) is 19.6 Å². The van der Waals surface area contributed by atoms with E-state index in [2.05, 4.69) is 0 Å². The summed E-state index contributed by atoms with van der Waals surface area (Å²) < 4.78 is 0. The third-order valence-corrected chi connectivity index (χ3v) is 2.32. The van der Waals surface area contributed by atoms with Crippen LogP contribution in [0.2, 0.25) is 0 Å². The van der Waals surface area contributed by atoms with Crippen molar-refractivity contribution in [2.24, 2.45) is 5.92 Å². The number of fused-ring (bicyclic) bond motifs is 2. The maximum absolute atomic E-state index is 4.91. The minimum atomic E-state index is -0.714. The van der Waals surface area contributed by atoms with Gasteiger partial charge in [0.25, 0.3) is 0 Å². The predicted molar refractivity (Wildman–Crippen MR) is 30.3 cm³/mol. The summed E-state index contributed by atoms with van der Waals surface area (Å²) in [6.07, 6.45) is 0. The smallest absolute Gasteiger partial charge is 0.195 e. The van der Waals surface area contributed by atoms with Crippen molar-refractivity contribution in [3.8, 4) is 0 Å². The van der Waals surface area contributed by atoms with Crippen molar-refractivity contribution in [1.82, 2.24) is 0 Å². The van der Waals surface area contributed by atoms with E-state index in [4.69, 9.17) is 19.6 Å². The Hall–Kier alpha value is -0.160. The fourth-order valence-corrected chi connectivity index (χ4v) is 1.12. The maximum atomic E-state index is 4.91. The van der Waals surface area contributed by atoms with Crippen LogP contribution in [0.1, 0.15) is 20.8 Å². The molecule has 0 atom stereocenters. The molecule has 0 aromatic carbocycles. The number of hydrogen-bond acceptors (Lipinski definition) is 4. The van der Waals surface area contributed by atoms with Gasteiger partial charge in [0.1, 0.15) is 0 Å². The Morgan fingerprint density at radius 3 is 1.30 bits per heavy atom. The van der Waals surface area contributed by atoms with Crippen LogP contribution in [0.5, 0.6) is 0 Å². The lowest BCUT2D eigenvalue weighted by molar-refractivity contribution is -0.583. The maximum Gasteiger partial charge on any atom is 0.239 e. The summed E-state index contributed by atoms with van der Waals surface area (Å²) in [5, 5.41) is 0. The molecular formula is C6H10O4. The normalized spacial score (nSPS) is 59.7. The van der Waals surface area contributed by atoms with Crippen LogP contribution in [0.3, 0.4) is 0 Å². The van der Waals surface area contributed by atoms with Crippen LogP contribution >= 0.6 is 0 Å². The summed E-state index contributed by atoms with van der Waals surface area (Å²) in [5.41, 5.74) is 0. The molecule has 4 heteroatoms. The average Bonchev–Trinajstić information content (AvgIpc) is 2.24. The van der Waals surface area contributed by atoms with E-state index >= 15 is 0 Å². The standard InChI is InChI=1S/C6H10O4/c1-4-5(2)7-9-6(4,3)10-8-5/h4H,1-3H3. The van der Waals surface area contributed by atoms with E-state index in [1.54, 1.807) is 13.8 Å². The minimum absolute atomic E-state index is 0.0972. The molecular weight excluding hydrogens is 136 g/mol. The first-order valence-electron chi connectivity index (χ1n) is 3.30. The van der Waals surface area contributed by atoms with Crippen molar-refractivity contribution in [2.45, 2.75) is 32.3 Å². The summed E-state index contributed by atoms with van der Waals surface area (Å²) in [5.74, 6) is -1.33. The summed E-state index contributed by atoms with van der Waals surface area (Å²) in [6.45, 7) is 5.53.